The normalized spacial score (nSPS) is 17.6. The van der Waals surface area contributed by atoms with E-state index < -0.39 is 0 Å². The minimum Gasteiger partial charge on any atom is -0.481 e. The Hall–Kier alpha value is -3.65. The van der Waals surface area contributed by atoms with Crippen LogP contribution in [0.15, 0.2) is 48.7 Å². The zero-order valence-corrected chi connectivity index (χ0v) is 21.9. The molecule has 194 valence electrons. The number of urea groups is 1. The second-order valence-electron chi connectivity index (χ2n) is 9.75. The maximum Gasteiger partial charge on any atom is 0.321 e. The first kappa shape index (κ1) is 25.0. The Bertz CT molecular complexity index is 1260. The fraction of sp³-hybridized carbons (Fsp3) is 0.414. The van der Waals surface area contributed by atoms with Crippen molar-refractivity contribution in [3.63, 3.8) is 0 Å². The molecule has 8 heteroatoms. The second kappa shape index (κ2) is 11.2. The van der Waals surface area contributed by atoms with Crippen molar-refractivity contribution in [3.8, 4) is 28.3 Å². The van der Waals surface area contributed by atoms with Gasteiger partial charge in [-0.3, -0.25) is 0 Å². The number of likely N-dealkylation sites (tertiary alicyclic amines) is 1. The number of amides is 2. The maximum absolute atomic E-state index is 12.9. The van der Waals surface area contributed by atoms with Crippen LogP contribution in [0.3, 0.4) is 0 Å². The van der Waals surface area contributed by atoms with Gasteiger partial charge in [0, 0.05) is 49.7 Å². The number of pyridine rings is 2. The third-order valence-corrected chi connectivity index (χ3v) is 7.34. The highest BCUT2D eigenvalue weighted by molar-refractivity contribution is 5.91. The van der Waals surface area contributed by atoms with Gasteiger partial charge in [-0.2, -0.15) is 0 Å². The van der Waals surface area contributed by atoms with E-state index in [1.54, 1.807) is 13.3 Å². The van der Waals surface area contributed by atoms with Gasteiger partial charge in [-0.1, -0.05) is 19.4 Å². The second-order valence-corrected chi connectivity index (χ2v) is 9.75. The number of benzene rings is 1. The highest BCUT2D eigenvalue weighted by atomic mass is 16.5. The number of anilines is 2. The molecule has 2 aliphatic rings. The molecule has 0 saturated carbocycles. The van der Waals surface area contributed by atoms with Crippen LogP contribution in [0.1, 0.15) is 25.3 Å². The van der Waals surface area contributed by atoms with Crippen LogP contribution in [-0.2, 0) is 4.74 Å². The highest BCUT2D eigenvalue weighted by Gasteiger charge is 2.25. The van der Waals surface area contributed by atoms with Crippen molar-refractivity contribution in [2.45, 2.75) is 26.7 Å². The molecule has 1 N–H and O–H groups in total. The lowest BCUT2D eigenvalue weighted by Crippen LogP contribution is -2.36. The van der Waals surface area contributed by atoms with E-state index in [1.807, 2.05) is 23.1 Å². The maximum atomic E-state index is 12.9. The van der Waals surface area contributed by atoms with E-state index in [1.165, 1.54) is 0 Å². The molecule has 4 heterocycles. The van der Waals surface area contributed by atoms with Crippen molar-refractivity contribution in [3.05, 3.63) is 54.2 Å². The first-order chi connectivity index (χ1) is 18.0. The summed E-state index contributed by atoms with van der Waals surface area (Å²) in [5, 5.41) is 3.12. The number of nitrogens with one attached hydrogen (secondary N) is 1. The van der Waals surface area contributed by atoms with Crippen LogP contribution in [-0.4, -0.2) is 67.4 Å². The largest absolute Gasteiger partial charge is 0.481 e. The van der Waals surface area contributed by atoms with Gasteiger partial charge in [0.2, 0.25) is 5.88 Å². The quantitative estimate of drug-likeness (QED) is 0.498. The van der Waals surface area contributed by atoms with Gasteiger partial charge in [0.05, 0.1) is 26.0 Å². The number of morpholine rings is 1. The molecule has 2 saturated heterocycles. The summed E-state index contributed by atoms with van der Waals surface area (Å²) in [6, 6.07) is 14.2. The van der Waals surface area contributed by atoms with Crippen LogP contribution >= 0.6 is 0 Å². The molecule has 3 aromatic rings. The van der Waals surface area contributed by atoms with Gasteiger partial charge in [-0.05, 0) is 66.3 Å². The minimum atomic E-state index is -0.0287. The van der Waals surface area contributed by atoms with Gasteiger partial charge in [0.25, 0.3) is 0 Å². The molecule has 2 fully saturated rings. The Morgan fingerprint density at radius 2 is 1.95 bits per heavy atom. The molecule has 1 aromatic carbocycles. The Labute approximate surface area is 218 Å². The molecular weight excluding hydrogens is 466 g/mol. The van der Waals surface area contributed by atoms with E-state index in [0.29, 0.717) is 25.0 Å². The highest BCUT2D eigenvalue weighted by Crippen LogP contribution is 2.33. The number of ether oxygens (including phenoxy) is 2. The number of hydrogen-bond acceptors (Lipinski definition) is 6. The van der Waals surface area contributed by atoms with Crippen molar-refractivity contribution >= 4 is 17.5 Å². The molecule has 0 bridgehead atoms. The number of nitrogens with zero attached hydrogens (tertiary/aromatic N) is 4. The smallest absolute Gasteiger partial charge is 0.321 e. The number of hydrogen-bond donors (Lipinski definition) is 1. The average Bonchev–Trinajstić information content (AvgIpc) is 3.44. The van der Waals surface area contributed by atoms with Gasteiger partial charge in [-0.25, -0.2) is 14.8 Å². The molecule has 0 spiro atoms. The third-order valence-electron chi connectivity index (χ3n) is 7.34. The first-order valence-corrected chi connectivity index (χ1v) is 13.1. The predicted octanol–water partition coefficient (Wildman–Crippen LogP) is 5.23. The van der Waals surface area contributed by atoms with Gasteiger partial charge in [0.1, 0.15) is 5.82 Å². The summed E-state index contributed by atoms with van der Waals surface area (Å²) in [6.07, 6.45) is 3.92. The van der Waals surface area contributed by atoms with E-state index in [4.69, 9.17) is 14.5 Å². The number of aryl methyl sites for hydroxylation is 1. The van der Waals surface area contributed by atoms with Crippen molar-refractivity contribution < 1.29 is 14.3 Å². The summed E-state index contributed by atoms with van der Waals surface area (Å²) >= 11 is 0. The van der Waals surface area contributed by atoms with Crippen LogP contribution in [0.4, 0.5) is 16.3 Å². The van der Waals surface area contributed by atoms with Crippen molar-refractivity contribution in [1.82, 2.24) is 14.9 Å². The van der Waals surface area contributed by atoms with Crippen LogP contribution in [0, 0.1) is 12.8 Å². The van der Waals surface area contributed by atoms with Gasteiger partial charge in [0.15, 0.2) is 0 Å². The topological polar surface area (TPSA) is 79.8 Å². The van der Waals surface area contributed by atoms with E-state index in [0.717, 1.165) is 78.5 Å². The molecule has 1 atom stereocenters. The summed E-state index contributed by atoms with van der Waals surface area (Å²) in [4.78, 5) is 26.4. The molecule has 5 rings (SSSR count). The summed E-state index contributed by atoms with van der Waals surface area (Å²) in [7, 11) is 1.61. The minimum absolute atomic E-state index is 0.0287. The fourth-order valence-corrected chi connectivity index (χ4v) is 5.02. The number of carbonyl (C=O) groups excluding carboxylic acids is 1. The van der Waals surface area contributed by atoms with Crippen molar-refractivity contribution in [2.75, 3.05) is 56.7 Å². The fourth-order valence-electron chi connectivity index (χ4n) is 5.02. The first-order valence-electron chi connectivity index (χ1n) is 13.1. The standard InChI is InChI=1S/C29H35N5O3/c1-4-21-8-10-34(19-21)29(35)31-24-6-5-20(2)25(18-24)23-15-26(22-7-9-30-28(17-22)36-3)32-27(16-23)33-11-13-37-14-12-33/h5-7,9,15-18,21H,4,8,10-14,19H2,1-3H3,(H,31,35)/t21-/m1/s1. The van der Waals surface area contributed by atoms with E-state index in [9.17, 15) is 4.79 Å². The van der Waals surface area contributed by atoms with Crippen molar-refractivity contribution in [1.29, 1.82) is 0 Å². The van der Waals surface area contributed by atoms with Gasteiger partial charge >= 0.3 is 6.03 Å². The molecule has 2 amide bonds. The molecule has 0 aliphatic carbocycles. The van der Waals surface area contributed by atoms with Gasteiger partial charge < -0.3 is 24.6 Å². The zero-order valence-electron chi connectivity index (χ0n) is 21.9. The zero-order chi connectivity index (χ0) is 25.8. The Morgan fingerprint density at radius 1 is 1.11 bits per heavy atom. The van der Waals surface area contributed by atoms with Crippen LogP contribution < -0.4 is 15.0 Å². The van der Waals surface area contributed by atoms with Crippen LogP contribution in [0.5, 0.6) is 5.88 Å². The molecule has 0 radical (unpaired) electrons. The summed E-state index contributed by atoms with van der Waals surface area (Å²) in [6.45, 7) is 8.87. The molecule has 2 aromatic heterocycles. The number of rotatable bonds is 6. The Morgan fingerprint density at radius 3 is 2.70 bits per heavy atom. The lowest BCUT2D eigenvalue weighted by molar-refractivity contribution is 0.122. The molecule has 37 heavy (non-hydrogen) atoms. The lowest BCUT2D eigenvalue weighted by atomic mass is 9.98. The summed E-state index contributed by atoms with van der Waals surface area (Å²) < 4.78 is 10.9. The number of aromatic nitrogens is 2. The Kier molecular flexibility index (Phi) is 7.55. The molecule has 0 unspecified atom stereocenters. The molecule has 2 aliphatic heterocycles. The third kappa shape index (κ3) is 5.69. The Balaban J connectivity index is 1.50. The SMILES string of the molecule is CC[C@@H]1CCN(C(=O)Nc2ccc(C)c(-c3cc(-c4ccnc(OC)c4)nc(N4CCOCC4)c3)c2)C1. The summed E-state index contributed by atoms with van der Waals surface area (Å²) in [5.74, 6) is 2.05. The van der Waals surface area contributed by atoms with Crippen LogP contribution in [0.2, 0.25) is 0 Å². The monoisotopic (exact) mass is 501 g/mol. The van der Waals surface area contributed by atoms with E-state index in [2.05, 4.69) is 53.3 Å². The number of methoxy groups -OCH3 is 1. The lowest BCUT2D eigenvalue weighted by Gasteiger charge is -2.28. The molecular formula is C29H35N5O3. The summed E-state index contributed by atoms with van der Waals surface area (Å²) in [5.41, 5.74) is 5.80. The van der Waals surface area contributed by atoms with Crippen molar-refractivity contribution in [2.24, 2.45) is 5.92 Å². The average molecular weight is 502 g/mol. The predicted molar refractivity (Wildman–Crippen MR) is 146 cm³/mol. The number of carbonyl (C=O) groups is 1. The van der Waals surface area contributed by atoms with Crippen LogP contribution in [0.25, 0.3) is 22.4 Å². The van der Waals surface area contributed by atoms with Gasteiger partial charge in [-0.15, -0.1) is 0 Å². The van der Waals surface area contributed by atoms with E-state index >= 15 is 0 Å². The molecule has 8 nitrogen and oxygen atoms in total. The van der Waals surface area contributed by atoms with E-state index in [-0.39, 0.29) is 6.03 Å².